The predicted molar refractivity (Wildman–Crippen MR) is 259 cm³/mol. The Kier molecular flexibility index (Phi) is 7.68. The molecule has 1 aliphatic heterocycles. The van der Waals surface area contributed by atoms with Gasteiger partial charge < -0.3 is 14.3 Å². The van der Waals surface area contributed by atoms with Gasteiger partial charge in [0.2, 0.25) is 0 Å². The molecule has 60 heavy (non-hydrogen) atoms. The van der Waals surface area contributed by atoms with Crippen molar-refractivity contribution < 1.29 is 4.42 Å². The molecule has 0 radical (unpaired) electrons. The molecule has 2 aromatic heterocycles. The van der Waals surface area contributed by atoms with Crippen LogP contribution in [0.4, 0.5) is 11.4 Å². The maximum Gasteiger partial charge on any atom is 0.198 e. The maximum atomic E-state index is 6.56. The Hall–Kier alpha value is -5.22. The molecule has 3 heterocycles. The molecule has 0 fully saturated rings. The number of hydrogen-bond acceptors (Lipinski definition) is 2. The molecule has 4 heteroatoms. The van der Waals surface area contributed by atoms with Crippen molar-refractivity contribution in [3.8, 4) is 16.8 Å². The Morgan fingerprint density at radius 1 is 0.567 bits per heavy atom. The predicted octanol–water partition coefficient (Wildman–Crippen LogP) is 13.8. The average Bonchev–Trinajstić information content (AvgIpc) is 3.73. The van der Waals surface area contributed by atoms with E-state index in [4.69, 9.17) is 4.42 Å². The number of para-hydroxylation sites is 1. The van der Waals surface area contributed by atoms with Gasteiger partial charge in [-0.3, -0.25) is 0 Å². The zero-order valence-corrected chi connectivity index (χ0v) is 37.6. The van der Waals surface area contributed by atoms with Crippen molar-refractivity contribution in [1.29, 1.82) is 0 Å². The van der Waals surface area contributed by atoms with E-state index in [1.54, 1.807) is 0 Å². The highest BCUT2D eigenvalue weighted by Crippen LogP contribution is 2.51. The van der Waals surface area contributed by atoms with Gasteiger partial charge in [-0.05, 0) is 140 Å². The molecule has 0 saturated carbocycles. The van der Waals surface area contributed by atoms with Crippen LogP contribution < -0.4 is 16.2 Å². The van der Waals surface area contributed by atoms with Crippen molar-refractivity contribution in [1.82, 2.24) is 4.57 Å². The molecule has 11 rings (SSSR count). The maximum absolute atomic E-state index is 6.56. The number of fused-ring (bicyclic) bond motifs is 10. The fourth-order valence-corrected chi connectivity index (χ4v) is 11.4. The van der Waals surface area contributed by atoms with Gasteiger partial charge in [0.15, 0.2) is 7.28 Å². The van der Waals surface area contributed by atoms with Gasteiger partial charge in [0.05, 0.1) is 5.52 Å². The molecule has 8 aromatic rings. The first-order chi connectivity index (χ1) is 28.3. The van der Waals surface area contributed by atoms with Crippen LogP contribution in [0, 0.1) is 0 Å². The monoisotopic (exact) mass is 786 g/mol. The van der Waals surface area contributed by atoms with E-state index in [2.05, 4.69) is 183 Å². The van der Waals surface area contributed by atoms with Crippen LogP contribution >= 0.6 is 0 Å². The lowest BCUT2D eigenvalue weighted by atomic mass is 9.55. The Balaban J connectivity index is 1.22. The van der Waals surface area contributed by atoms with Crippen LogP contribution in [-0.2, 0) is 27.1 Å². The Morgan fingerprint density at radius 3 is 1.85 bits per heavy atom. The zero-order chi connectivity index (χ0) is 41.9. The van der Waals surface area contributed by atoms with E-state index in [1.807, 2.05) is 0 Å². The second-order valence-electron chi connectivity index (χ2n) is 22.4. The molecule has 0 spiro atoms. The lowest BCUT2D eigenvalue weighted by Crippen LogP contribution is -2.41. The number of aromatic nitrogens is 1. The van der Waals surface area contributed by atoms with Crippen LogP contribution in [0.5, 0.6) is 0 Å². The highest BCUT2D eigenvalue weighted by atomic mass is 16.3. The molecule has 302 valence electrons. The first kappa shape index (κ1) is 37.8. The van der Waals surface area contributed by atoms with E-state index in [9.17, 15) is 0 Å². The number of nitrogens with one attached hydrogen (secondary N) is 1. The molecule has 3 aliphatic rings. The SMILES string of the molecule is CC(C)(C)c1ccc(Nc2cc3c(cc2-c2ccc4c5cc6oc7ccccc7c6cc5n5c4c2Bc2cc4c(cc2-5)C(C)(C)CCC4(C)C)C(C)(C)CCC3(C)C)cc1. The molecule has 0 amide bonds. The van der Waals surface area contributed by atoms with Crippen LogP contribution in [0.3, 0.4) is 0 Å². The topological polar surface area (TPSA) is 30.1 Å². The normalized spacial score (nSPS) is 18.3. The second-order valence-corrected chi connectivity index (χ2v) is 22.4. The summed E-state index contributed by atoms with van der Waals surface area (Å²) in [6.45, 7) is 26.5. The van der Waals surface area contributed by atoms with Crippen molar-refractivity contribution in [2.75, 3.05) is 5.32 Å². The standard InChI is InChI=1S/C56H59BN2O/c1-52(2,3)32-16-18-33(19-17-32)58-45-30-42-40(53(4,5)22-24-55(42,8)9)26-37(45)35-20-21-36-38-28-49-39(34-14-12-13-15-48(34)60-49)27-46(38)59-47-31-43-41(29-44(47)57-50(35)51(36)59)54(6,7)23-25-56(43,10)11/h12-21,26-31,57-58H,22-25H2,1-11H3. The highest BCUT2D eigenvalue weighted by Gasteiger charge is 2.41. The van der Waals surface area contributed by atoms with Gasteiger partial charge >= 0.3 is 0 Å². The van der Waals surface area contributed by atoms with Crippen LogP contribution in [-0.4, -0.2) is 11.8 Å². The van der Waals surface area contributed by atoms with Crippen molar-refractivity contribution in [3.05, 3.63) is 125 Å². The molecule has 2 aliphatic carbocycles. The molecule has 0 atom stereocenters. The second kappa shape index (κ2) is 12.2. The largest absolute Gasteiger partial charge is 0.456 e. The number of nitrogens with zero attached hydrogens (tertiary/aromatic N) is 1. The van der Waals surface area contributed by atoms with Gasteiger partial charge in [0.1, 0.15) is 11.2 Å². The van der Waals surface area contributed by atoms with Gasteiger partial charge in [-0.15, -0.1) is 0 Å². The molecular weight excluding hydrogens is 727 g/mol. The van der Waals surface area contributed by atoms with Gasteiger partial charge in [0.25, 0.3) is 0 Å². The summed E-state index contributed by atoms with van der Waals surface area (Å²) in [4.78, 5) is 0. The summed E-state index contributed by atoms with van der Waals surface area (Å²) in [5.74, 6) is 0. The van der Waals surface area contributed by atoms with Crippen LogP contribution in [0.2, 0.25) is 0 Å². The quantitative estimate of drug-likeness (QED) is 0.181. The van der Waals surface area contributed by atoms with E-state index < -0.39 is 0 Å². The molecule has 0 unspecified atom stereocenters. The smallest absolute Gasteiger partial charge is 0.198 e. The summed E-state index contributed by atoms with van der Waals surface area (Å²) in [5, 5.41) is 8.91. The number of rotatable bonds is 3. The first-order valence-electron chi connectivity index (χ1n) is 22.5. The molecule has 3 nitrogen and oxygen atoms in total. The minimum absolute atomic E-state index is 0.0730. The molecular formula is C56H59BN2O. The van der Waals surface area contributed by atoms with Gasteiger partial charge in [-0.25, -0.2) is 0 Å². The third-order valence-electron chi connectivity index (χ3n) is 15.5. The van der Waals surface area contributed by atoms with Gasteiger partial charge in [0, 0.05) is 49.7 Å². The van der Waals surface area contributed by atoms with Gasteiger partial charge in [-0.1, -0.05) is 130 Å². The first-order valence-corrected chi connectivity index (χ1v) is 22.5. The van der Waals surface area contributed by atoms with Crippen LogP contribution in [0.15, 0.2) is 101 Å². The zero-order valence-electron chi connectivity index (χ0n) is 37.6. The number of benzene rings is 6. The Morgan fingerprint density at radius 2 is 1.18 bits per heavy atom. The lowest BCUT2D eigenvalue weighted by molar-refractivity contribution is 0.332. The fourth-order valence-electron chi connectivity index (χ4n) is 11.4. The summed E-state index contributed by atoms with van der Waals surface area (Å²) in [7, 11) is 0.882. The Bertz CT molecular complexity index is 3120. The summed E-state index contributed by atoms with van der Waals surface area (Å²) in [5.41, 5.74) is 21.3. The van der Waals surface area contributed by atoms with Crippen molar-refractivity contribution in [2.24, 2.45) is 0 Å². The summed E-state index contributed by atoms with van der Waals surface area (Å²) < 4.78 is 9.20. The van der Waals surface area contributed by atoms with E-state index in [1.165, 1.54) is 120 Å². The van der Waals surface area contributed by atoms with E-state index in [-0.39, 0.29) is 27.1 Å². The minimum Gasteiger partial charge on any atom is -0.456 e. The minimum atomic E-state index is 0.0730. The molecule has 6 aromatic carbocycles. The van der Waals surface area contributed by atoms with Gasteiger partial charge in [-0.2, -0.15) is 0 Å². The van der Waals surface area contributed by atoms with E-state index >= 15 is 0 Å². The fraction of sp³-hybridized carbons (Fsp3) is 0.357. The molecule has 0 bridgehead atoms. The van der Waals surface area contributed by atoms with E-state index in [0.29, 0.717) is 0 Å². The number of anilines is 2. The van der Waals surface area contributed by atoms with Crippen LogP contribution in [0.1, 0.15) is 130 Å². The Labute approximate surface area is 356 Å². The van der Waals surface area contributed by atoms with Crippen molar-refractivity contribution in [2.45, 2.75) is 129 Å². The molecule has 0 saturated heterocycles. The van der Waals surface area contributed by atoms with E-state index in [0.717, 1.165) is 24.1 Å². The van der Waals surface area contributed by atoms with Crippen molar-refractivity contribution in [3.63, 3.8) is 0 Å². The number of furan rings is 1. The number of hydrogen-bond donors (Lipinski definition) is 1. The third kappa shape index (κ3) is 5.48. The summed E-state index contributed by atoms with van der Waals surface area (Å²) in [6, 6.07) is 37.5. The summed E-state index contributed by atoms with van der Waals surface area (Å²) in [6.07, 6.45) is 4.74. The van der Waals surface area contributed by atoms with Crippen molar-refractivity contribution >= 4 is 73.3 Å². The third-order valence-corrected chi connectivity index (χ3v) is 15.5. The average molecular weight is 787 g/mol. The highest BCUT2D eigenvalue weighted by molar-refractivity contribution is 6.73. The summed E-state index contributed by atoms with van der Waals surface area (Å²) >= 11 is 0. The van der Waals surface area contributed by atoms with Crippen LogP contribution in [0.25, 0.3) is 60.6 Å². The molecule has 1 N–H and O–H groups in total. The lowest BCUT2D eigenvalue weighted by Gasteiger charge is -2.43.